The zero-order valence-electron chi connectivity index (χ0n) is 17.1. The first-order valence-electron chi connectivity index (χ1n) is 10.9. The molecule has 1 amide bonds. The van der Waals surface area contributed by atoms with Crippen LogP contribution in [0.4, 0.5) is 5.69 Å². The maximum absolute atomic E-state index is 13.3. The van der Waals surface area contributed by atoms with Crippen molar-refractivity contribution in [1.82, 2.24) is 14.5 Å². The van der Waals surface area contributed by atoms with Gasteiger partial charge in [-0.1, -0.05) is 13.8 Å². The van der Waals surface area contributed by atoms with Crippen LogP contribution < -0.4 is 4.90 Å². The minimum Gasteiger partial charge on any atom is -0.381 e. The molecule has 1 spiro atoms. The van der Waals surface area contributed by atoms with Gasteiger partial charge < -0.3 is 19.1 Å². The normalized spacial score (nSPS) is 31.9. The van der Waals surface area contributed by atoms with Crippen LogP contribution in [0.25, 0.3) is 5.82 Å². The third kappa shape index (κ3) is 2.38. The molecule has 6 heteroatoms. The molecule has 2 saturated heterocycles. The molecule has 5 heterocycles. The summed E-state index contributed by atoms with van der Waals surface area (Å²) in [4.78, 5) is 22.7. The Kier molecular flexibility index (Phi) is 3.67. The molecule has 1 saturated carbocycles. The van der Waals surface area contributed by atoms with E-state index in [0.717, 1.165) is 45.1 Å². The number of pyridine rings is 1. The number of hydrogen-bond donors (Lipinski definition) is 0. The molecule has 0 radical (unpaired) electrons. The summed E-state index contributed by atoms with van der Waals surface area (Å²) in [6.07, 6.45) is 4.94. The van der Waals surface area contributed by atoms with E-state index < -0.39 is 0 Å². The Morgan fingerprint density at radius 1 is 1.28 bits per heavy atom. The Morgan fingerprint density at radius 3 is 2.90 bits per heavy atom. The number of likely N-dealkylation sites (tertiary alicyclic amines) is 1. The largest absolute Gasteiger partial charge is 0.381 e. The summed E-state index contributed by atoms with van der Waals surface area (Å²) < 4.78 is 7.74. The fraction of sp³-hybridized carbons (Fsp3) is 0.565. The van der Waals surface area contributed by atoms with E-state index >= 15 is 0 Å². The maximum Gasteiger partial charge on any atom is 0.226 e. The number of anilines is 1. The van der Waals surface area contributed by atoms with Crippen molar-refractivity contribution >= 4 is 11.6 Å². The van der Waals surface area contributed by atoms with Gasteiger partial charge in [0.25, 0.3) is 0 Å². The predicted molar refractivity (Wildman–Crippen MR) is 110 cm³/mol. The lowest BCUT2D eigenvalue weighted by molar-refractivity contribution is -0.133. The van der Waals surface area contributed by atoms with Crippen LogP contribution >= 0.6 is 0 Å². The molecule has 1 unspecified atom stereocenters. The van der Waals surface area contributed by atoms with Gasteiger partial charge in [-0.05, 0) is 48.4 Å². The molecule has 29 heavy (non-hydrogen) atoms. The average molecular weight is 393 g/mol. The van der Waals surface area contributed by atoms with Crippen molar-refractivity contribution in [2.45, 2.75) is 25.8 Å². The highest BCUT2D eigenvalue weighted by atomic mass is 16.5. The van der Waals surface area contributed by atoms with Crippen molar-refractivity contribution in [3.05, 3.63) is 42.4 Å². The molecule has 3 aliphatic heterocycles. The van der Waals surface area contributed by atoms with E-state index in [4.69, 9.17) is 9.72 Å². The number of ether oxygens (including phenoxy) is 1. The predicted octanol–water partition coefficient (Wildman–Crippen LogP) is 2.67. The van der Waals surface area contributed by atoms with Crippen LogP contribution in [0.15, 0.2) is 36.7 Å². The summed E-state index contributed by atoms with van der Waals surface area (Å²) in [6, 6.07) is 8.54. The van der Waals surface area contributed by atoms with E-state index in [9.17, 15) is 4.79 Å². The van der Waals surface area contributed by atoms with E-state index in [2.05, 4.69) is 52.6 Å². The van der Waals surface area contributed by atoms with Crippen LogP contribution in [0.2, 0.25) is 0 Å². The second kappa shape index (κ2) is 6.08. The van der Waals surface area contributed by atoms with Gasteiger partial charge in [-0.15, -0.1) is 0 Å². The van der Waals surface area contributed by atoms with Gasteiger partial charge in [0.1, 0.15) is 5.54 Å². The van der Waals surface area contributed by atoms with E-state index in [0.29, 0.717) is 23.7 Å². The summed E-state index contributed by atoms with van der Waals surface area (Å²) in [5, 5.41) is 0. The van der Waals surface area contributed by atoms with Crippen molar-refractivity contribution in [3.8, 4) is 5.82 Å². The number of carbonyl (C=O) groups is 1. The monoisotopic (exact) mass is 392 g/mol. The highest BCUT2D eigenvalue weighted by Crippen LogP contribution is 2.53. The van der Waals surface area contributed by atoms with Crippen LogP contribution in [-0.2, 0) is 15.1 Å². The number of rotatable bonds is 3. The highest BCUT2D eigenvalue weighted by Gasteiger charge is 2.60. The molecule has 6 rings (SSSR count). The van der Waals surface area contributed by atoms with Crippen molar-refractivity contribution in [3.63, 3.8) is 0 Å². The van der Waals surface area contributed by atoms with Gasteiger partial charge in [0.15, 0.2) is 5.82 Å². The lowest BCUT2D eigenvalue weighted by atomic mass is 9.88. The Bertz CT molecular complexity index is 959. The van der Waals surface area contributed by atoms with Crippen LogP contribution in [0.3, 0.4) is 0 Å². The topological polar surface area (TPSA) is 50.6 Å². The van der Waals surface area contributed by atoms with E-state index in [1.807, 2.05) is 12.3 Å². The molecule has 6 nitrogen and oxygen atoms in total. The van der Waals surface area contributed by atoms with Gasteiger partial charge in [0, 0.05) is 37.9 Å². The first kappa shape index (κ1) is 17.5. The van der Waals surface area contributed by atoms with Crippen molar-refractivity contribution in [2.75, 3.05) is 37.7 Å². The first-order valence-corrected chi connectivity index (χ1v) is 10.9. The molecule has 1 aliphatic carbocycles. The van der Waals surface area contributed by atoms with E-state index in [1.54, 1.807) is 0 Å². The van der Waals surface area contributed by atoms with E-state index in [-0.39, 0.29) is 11.5 Å². The maximum atomic E-state index is 13.3. The zero-order valence-corrected chi connectivity index (χ0v) is 17.1. The number of nitrogens with zero attached hydrogens (tertiary/aromatic N) is 4. The van der Waals surface area contributed by atoms with Gasteiger partial charge in [0.2, 0.25) is 5.91 Å². The summed E-state index contributed by atoms with van der Waals surface area (Å²) in [7, 11) is 0. The van der Waals surface area contributed by atoms with Gasteiger partial charge in [-0.2, -0.15) is 0 Å². The summed E-state index contributed by atoms with van der Waals surface area (Å²) >= 11 is 0. The van der Waals surface area contributed by atoms with Gasteiger partial charge in [-0.3, -0.25) is 4.79 Å². The molecule has 3 fully saturated rings. The Balaban J connectivity index is 1.39. The summed E-state index contributed by atoms with van der Waals surface area (Å²) in [5.41, 5.74) is 2.26. The Hall–Kier alpha value is -2.34. The molecule has 2 aromatic heterocycles. The minimum atomic E-state index is -0.181. The quantitative estimate of drug-likeness (QED) is 0.806. The number of fused-ring (bicyclic) bond motifs is 5. The first-order chi connectivity index (χ1) is 14.1. The fourth-order valence-electron chi connectivity index (χ4n) is 5.96. The Morgan fingerprint density at radius 2 is 2.10 bits per heavy atom. The third-order valence-corrected chi connectivity index (χ3v) is 7.37. The second-order valence-electron chi connectivity index (χ2n) is 9.55. The zero-order chi connectivity index (χ0) is 19.8. The molecular weight excluding hydrogens is 364 g/mol. The molecule has 4 aliphatic rings. The molecular formula is C23H28N4O2. The average Bonchev–Trinajstić information content (AvgIpc) is 3.21. The Labute approximate surface area is 171 Å². The summed E-state index contributed by atoms with van der Waals surface area (Å²) in [5.74, 6) is 2.99. The fourth-order valence-corrected chi connectivity index (χ4v) is 5.96. The van der Waals surface area contributed by atoms with Crippen molar-refractivity contribution in [1.29, 1.82) is 0 Å². The summed E-state index contributed by atoms with van der Waals surface area (Å²) in [6.45, 7) is 8.59. The molecule has 152 valence electrons. The highest BCUT2D eigenvalue weighted by molar-refractivity contribution is 5.83. The SMILES string of the molecule is CC(C)CN1c2cccnc2-n2cccc2[C@]12CCN(C(=O)C1[C@H]3COC[C@@H]13)C2. The van der Waals surface area contributed by atoms with Crippen molar-refractivity contribution < 1.29 is 9.53 Å². The van der Waals surface area contributed by atoms with Crippen LogP contribution in [0.1, 0.15) is 26.0 Å². The minimum absolute atomic E-state index is 0.181. The molecule has 2 aromatic rings. The number of aromatic nitrogens is 2. The third-order valence-electron chi connectivity index (χ3n) is 7.37. The van der Waals surface area contributed by atoms with Crippen LogP contribution in [0, 0.1) is 23.7 Å². The molecule has 0 N–H and O–H groups in total. The van der Waals surface area contributed by atoms with Gasteiger partial charge in [0.05, 0.1) is 24.6 Å². The second-order valence-corrected chi connectivity index (χ2v) is 9.55. The van der Waals surface area contributed by atoms with Crippen LogP contribution in [0.5, 0.6) is 0 Å². The number of carbonyl (C=O) groups excluding carboxylic acids is 1. The number of hydrogen-bond acceptors (Lipinski definition) is 4. The molecule has 0 bridgehead atoms. The van der Waals surface area contributed by atoms with Gasteiger partial charge in [-0.25, -0.2) is 4.98 Å². The lowest BCUT2D eigenvalue weighted by Gasteiger charge is -2.47. The van der Waals surface area contributed by atoms with Crippen molar-refractivity contribution in [2.24, 2.45) is 23.7 Å². The smallest absolute Gasteiger partial charge is 0.226 e. The lowest BCUT2D eigenvalue weighted by Crippen LogP contribution is -2.54. The van der Waals surface area contributed by atoms with Crippen LogP contribution in [-0.4, -0.2) is 53.2 Å². The molecule has 4 atom stereocenters. The molecule has 0 aromatic carbocycles. The standard InChI is InChI=1S/C23H28N4O2/c1-15(2)11-27-18-5-3-8-24-21(18)26-9-4-6-19(26)23(27)7-10-25(14-23)22(28)20-16-12-29-13-17(16)20/h3-6,8-9,15-17,20H,7,10-14H2,1-2H3/t16-,17+,20?,23-/m1/s1. The van der Waals surface area contributed by atoms with E-state index in [1.165, 1.54) is 11.4 Å². The van der Waals surface area contributed by atoms with Gasteiger partial charge >= 0.3 is 0 Å². The number of amides is 1.